The smallest absolute Gasteiger partial charge is 0.229 e. The van der Waals surface area contributed by atoms with Gasteiger partial charge >= 0.3 is 0 Å². The molecule has 3 heterocycles. The first-order chi connectivity index (χ1) is 18.6. The Balaban J connectivity index is 1.27. The molecule has 3 aromatic rings. The number of aromatic nitrogens is 2. The van der Waals surface area contributed by atoms with Crippen molar-refractivity contribution in [1.29, 1.82) is 0 Å². The van der Waals surface area contributed by atoms with E-state index in [0.29, 0.717) is 11.8 Å². The van der Waals surface area contributed by atoms with E-state index in [9.17, 15) is 0 Å². The van der Waals surface area contributed by atoms with E-state index in [1.807, 2.05) is 25.2 Å². The van der Waals surface area contributed by atoms with Gasteiger partial charge in [-0.15, -0.1) is 0 Å². The maximum atomic E-state index is 5.77. The average Bonchev–Trinajstić information content (AvgIpc) is 2.97. The zero-order chi connectivity index (χ0) is 26.3. The number of rotatable bonds is 9. The summed E-state index contributed by atoms with van der Waals surface area (Å²) >= 11 is 3.58. The molecule has 0 bridgehead atoms. The fourth-order valence-electron chi connectivity index (χ4n) is 5.50. The first-order valence-electron chi connectivity index (χ1n) is 13.6. The van der Waals surface area contributed by atoms with Crippen molar-refractivity contribution >= 4 is 44.8 Å². The predicted octanol–water partition coefficient (Wildman–Crippen LogP) is 5.91. The SMILES string of the molecule is CNCc1ccccc1Nc1nc(Nc2ccc(N3CCC(N4CCCCC4)CC3)cc2OC)ncc1Br. The highest BCUT2D eigenvalue weighted by Crippen LogP contribution is 2.34. The van der Waals surface area contributed by atoms with Crippen LogP contribution in [0, 0.1) is 0 Å². The fraction of sp³-hybridized carbons (Fsp3) is 0.448. The Bertz CT molecular complexity index is 1210. The molecule has 0 radical (unpaired) electrons. The highest BCUT2D eigenvalue weighted by atomic mass is 79.9. The van der Waals surface area contributed by atoms with Crippen LogP contribution in [0.5, 0.6) is 5.75 Å². The third kappa shape index (κ3) is 6.39. The summed E-state index contributed by atoms with van der Waals surface area (Å²) in [5.41, 5.74) is 4.19. The lowest BCUT2D eigenvalue weighted by Crippen LogP contribution is -2.46. The molecule has 2 fully saturated rings. The van der Waals surface area contributed by atoms with E-state index in [-0.39, 0.29) is 0 Å². The Kier molecular flexibility index (Phi) is 8.98. The number of anilines is 5. The Labute approximate surface area is 234 Å². The molecule has 9 heteroatoms. The first-order valence-corrected chi connectivity index (χ1v) is 14.4. The van der Waals surface area contributed by atoms with Gasteiger partial charge in [-0.3, -0.25) is 0 Å². The Morgan fingerprint density at radius 3 is 2.53 bits per heavy atom. The van der Waals surface area contributed by atoms with Gasteiger partial charge < -0.3 is 30.5 Å². The van der Waals surface area contributed by atoms with Crippen LogP contribution >= 0.6 is 15.9 Å². The number of ether oxygens (including phenoxy) is 1. The molecule has 2 aliphatic heterocycles. The molecule has 0 unspecified atom stereocenters. The standard InChI is InChI=1S/C29H38BrN7O/c1-31-19-21-8-4-5-9-25(21)33-28-24(30)20-32-29(35-28)34-26-11-10-23(18-27(26)38-2)37-16-12-22(13-17-37)36-14-6-3-7-15-36/h4-5,8-11,18,20,22,31H,3,6-7,12-17,19H2,1-2H3,(H2,32,33,34,35). The number of nitrogens with one attached hydrogen (secondary N) is 3. The van der Waals surface area contributed by atoms with E-state index in [2.05, 4.69) is 70.9 Å². The van der Waals surface area contributed by atoms with Crippen LogP contribution in [0.3, 0.4) is 0 Å². The van der Waals surface area contributed by atoms with Crippen LogP contribution in [0.1, 0.15) is 37.7 Å². The van der Waals surface area contributed by atoms with Crippen molar-refractivity contribution < 1.29 is 4.74 Å². The minimum Gasteiger partial charge on any atom is -0.494 e. The Hall–Kier alpha value is -2.88. The summed E-state index contributed by atoms with van der Waals surface area (Å²) in [5.74, 6) is 1.97. The topological polar surface area (TPSA) is 77.6 Å². The largest absolute Gasteiger partial charge is 0.494 e. The molecule has 5 rings (SSSR count). The molecule has 38 heavy (non-hydrogen) atoms. The normalized spacial score (nSPS) is 16.9. The summed E-state index contributed by atoms with van der Waals surface area (Å²) < 4.78 is 6.56. The molecule has 0 saturated carbocycles. The molecule has 0 spiro atoms. The van der Waals surface area contributed by atoms with Gasteiger partial charge in [0.2, 0.25) is 5.95 Å². The van der Waals surface area contributed by atoms with Crippen molar-refractivity contribution in [3.63, 3.8) is 0 Å². The number of halogens is 1. The lowest BCUT2D eigenvalue weighted by molar-refractivity contribution is 0.141. The summed E-state index contributed by atoms with van der Waals surface area (Å²) in [6, 6.07) is 15.3. The van der Waals surface area contributed by atoms with Gasteiger partial charge in [-0.25, -0.2) is 4.98 Å². The zero-order valence-electron chi connectivity index (χ0n) is 22.3. The lowest BCUT2D eigenvalue weighted by Gasteiger charge is -2.41. The van der Waals surface area contributed by atoms with Crippen LogP contribution in [-0.2, 0) is 6.54 Å². The van der Waals surface area contributed by atoms with Crippen LogP contribution in [0.4, 0.5) is 28.8 Å². The van der Waals surface area contributed by atoms with Gasteiger partial charge in [0.05, 0.1) is 17.3 Å². The molecule has 2 aromatic carbocycles. The van der Waals surface area contributed by atoms with Gasteiger partial charge in [0, 0.05) is 49.3 Å². The number of para-hydroxylation sites is 1. The predicted molar refractivity (Wildman–Crippen MR) is 159 cm³/mol. The van der Waals surface area contributed by atoms with Gasteiger partial charge in [-0.1, -0.05) is 24.6 Å². The maximum Gasteiger partial charge on any atom is 0.229 e. The second-order valence-electron chi connectivity index (χ2n) is 10.0. The monoisotopic (exact) mass is 579 g/mol. The number of likely N-dealkylation sites (tertiary alicyclic amines) is 1. The molecular weight excluding hydrogens is 542 g/mol. The second kappa shape index (κ2) is 12.8. The van der Waals surface area contributed by atoms with Crippen LogP contribution in [0.15, 0.2) is 53.1 Å². The highest BCUT2D eigenvalue weighted by molar-refractivity contribution is 9.10. The Morgan fingerprint density at radius 2 is 1.76 bits per heavy atom. The van der Waals surface area contributed by atoms with E-state index < -0.39 is 0 Å². The zero-order valence-corrected chi connectivity index (χ0v) is 23.9. The molecule has 1 aromatic heterocycles. The van der Waals surface area contributed by atoms with Crippen molar-refractivity contribution in [3.05, 3.63) is 58.7 Å². The van der Waals surface area contributed by atoms with E-state index in [1.54, 1.807) is 13.3 Å². The van der Waals surface area contributed by atoms with Crippen molar-refractivity contribution in [2.75, 3.05) is 55.9 Å². The van der Waals surface area contributed by atoms with E-state index in [4.69, 9.17) is 9.72 Å². The quantitative estimate of drug-likeness (QED) is 0.289. The summed E-state index contributed by atoms with van der Waals surface area (Å²) in [7, 11) is 3.65. The maximum absolute atomic E-state index is 5.77. The van der Waals surface area contributed by atoms with Crippen LogP contribution in [0.25, 0.3) is 0 Å². The van der Waals surface area contributed by atoms with Crippen molar-refractivity contribution in [2.45, 2.75) is 44.7 Å². The molecule has 2 saturated heterocycles. The van der Waals surface area contributed by atoms with Gasteiger partial charge in [-0.05, 0) is 85.5 Å². The van der Waals surface area contributed by atoms with Crippen LogP contribution in [0.2, 0.25) is 0 Å². The fourth-order valence-corrected chi connectivity index (χ4v) is 5.79. The summed E-state index contributed by atoms with van der Waals surface area (Å²) in [5, 5.41) is 10.0. The molecule has 0 amide bonds. The third-order valence-electron chi connectivity index (χ3n) is 7.55. The minimum atomic E-state index is 0.496. The Morgan fingerprint density at radius 1 is 0.974 bits per heavy atom. The molecular formula is C29H38BrN7O. The molecule has 2 aliphatic rings. The van der Waals surface area contributed by atoms with Gasteiger partial charge in [0.1, 0.15) is 11.6 Å². The summed E-state index contributed by atoms with van der Waals surface area (Å²) in [6.45, 7) is 5.47. The van der Waals surface area contributed by atoms with E-state index in [0.717, 1.165) is 52.8 Å². The summed E-state index contributed by atoms with van der Waals surface area (Å²) in [4.78, 5) is 14.4. The number of piperidine rings is 2. The van der Waals surface area contributed by atoms with Gasteiger partial charge in [0.15, 0.2) is 0 Å². The first kappa shape index (κ1) is 26.7. The molecule has 0 aliphatic carbocycles. The van der Waals surface area contributed by atoms with Crippen LogP contribution < -0.4 is 25.6 Å². The van der Waals surface area contributed by atoms with Gasteiger partial charge in [0.25, 0.3) is 0 Å². The third-order valence-corrected chi connectivity index (χ3v) is 8.13. The minimum absolute atomic E-state index is 0.496. The van der Waals surface area contributed by atoms with Crippen molar-refractivity contribution in [1.82, 2.24) is 20.2 Å². The van der Waals surface area contributed by atoms with Crippen LogP contribution in [-0.4, -0.2) is 61.2 Å². The number of benzene rings is 2. The number of hydrogen-bond acceptors (Lipinski definition) is 8. The van der Waals surface area contributed by atoms with E-state index in [1.165, 1.54) is 50.9 Å². The van der Waals surface area contributed by atoms with E-state index >= 15 is 0 Å². The lowest BCUT2D eigenvalue weighted by atomic mass is 9.99. The molecule has 0 atom stereocenters. The van der Waals surface area contributed by atoms with Gasteiger partial charge in [-0.2, -0.15) is 4.98 Å². The molecule has 202 valence electrons. The second-order valence-corrected chi connectivity index (χ2v) is 10.9. The number of methoxy groups -OCH3 is 1. The molecule has 3 N–H and O–H groups in total. The average molecular weight is 581 g/mol. The highest BCUT2D eigenvalue weighted by Gasteiger charge is 2.26. The number of nitrogens with zero attached hydrogens (tertiary/aromatic N) is 4. The van der Waals surface area contributed by atoms with Crippen molar-refractivity contribution in [3.8, 4) is 5.75 Å². The summed E-state index contributed by atoms with van der Waals surface area (Å²) in [6.07, 6.45) is 8.31. The van der Waals surface area contributed by atoms with Crippen molar-refractivity contribution in [2.24, 2.45) is 0 Å². The number of hydrogen-bond donors (Lipinski definition) is 3. The molecule has 8 nitrogen and oxygen atoms in total.